The van der Waals surface area contributed by atoms with Crippen LogP contribution < -0.4 is 5.32 Å². The number of carbonyl (C=O) groups excluding carboxylic acids is 1. The number of hydrogen-bond donors (Lipinski definition) is 7. The van der Waals surface area contributed by atoms with E-state index in [0.717, 1.165) is 54.6 Å². The molecule has 0 aliphatic rings. The molecule has 0 spiro atoms. The summed E-state index contributed by atoms with van der Waals surface area (Å²) in [6.45, 7) is 0. The molecule has 29 heteroatoms. The van der Waals surface area contributed by atoms with Crippen LogP contribution in [-0.4, -0.2) is 75.9 Å². The summed E-state index contributed by atoms with van der Waals surface area (Å²) in [4.78, 5) is 9.15. The maximum Gasteiger partial charge on any atom is 0.296 e. The van der Waals surface area contributed by atoms with Crippen molar-refractivity contribution >= 4 is 139 Å². The lowest BCUT2D eigenvalue weighted by molar-refractivity contribution is 0.102. The summed E-state index contributed by atoms with van der Waals surface area (Å²) in [6.07, 6.45) is 0. The zero-order valence-corrected chi connectivity index (χ0v) is 41.8. The van der Waals surface area contributed by atoms with E-state index < -0.39 is 92.4 Å². The van der Waals surface area contributed by atoms with Crippen LogP contribution in [0.2, 0.25) is 0 Å². The number of nitrogens with zero attached hydrogens (tertiary/aromatic N) is 6. The van der Waals surface area contributed by atoms with Gasteiger partial charge in [0.25, 0.3) is 56.5 Å². The number of rotatable bonds is 13. The number of phenols is 1. The Bertz CT molecular complexity index is 4680. The fraction of sp³-hybridized carbons (Fsp3) is 0. The van der Waals surface area contributed by atoms with Crippen LogP contribution in [0.15, 0.2) is 201 Å². The summed E-state index contributed by atoms with van der Waals surface area (Å²) >= 11 is 0. The predicted molar refractivity (Wildman–Crippen MR) is 273 cm³/mol. The Kier molecular flexibility index (Phi) is 13.4. The highest BCUT2D eigenvalue weighted by molar-refractivity contribution is 7.87. The highest BCUT2D eigenvalue weighted by Gasteiger charge is 2.25. The lowest BCUT2D eigenvalue weighted by atomic mass is 10.1. The Balaban J connectivity index is 1.12. The van der Waals surface area contributed by atoms with Crippen LogP contribution in [0.25, 0.3) is 43.1 Å². The fourth-order valence-electron chi connectivity index (χ4n) is 7.91. The number of fused-ring (bicyclic) bond motifs is 4. The average molecular weight is 1130 g/mol. The zero-order valence-electron chi connectivity index (χ0n) is 37.8. The molecular formula is C47H31N7O17S5. The second-order valence-corrected chi connectivity index (χ2v) is 23.2. The van der Waals surface area contributed by atoms with E-state index in [4.69, 9.17) is 0 Å². The van der Waals surface area contributed by atoms with E-state index in [9.17, 15) is 74.8 Å². The van der Waals surface area contributed by atoms with Gasteiger partial charge in [-0.05, 0) is 109 Å². The van der Waals surface area contributed by atoms with Gasteiger partial charge < -0.3 is 10.4 Å². The van der Waals surface area contributed by atoms with Gasteiger partial charge in [0.2, 0.25) is 0 Å². The summed E-state index contributed by atoms with van der Waals surface area (Å²) in [7, 11) is -24.9. The van der Waals surface area contributed by atoms with Crippen LogP contribution in [0, 0.1) is 0 Å². The molecule has 9 aromatic rings. The Morgan fingerprint density at radius 3 is 1.41 bits per heavy atom. The highest BCUT2D eigenvalue weighted by Crippen LogP contribution is 2.44. The quantitative estimate of drug-likeness (QED) is 0.0416. The topological polar surface area (TPSA) is 395 Å². The normalized spacial score (nSPS) is 13.0. The van der Waals surface area contributed by atoms with E-state index in [1.807, 2.05) is 0 Å². The van der Waals surface area contributed by atoms with Crippen molar-refractivity contribution in [2.45, 2.75) is 24.5 Å². The summed E-state index contributed by atoms with van der Waals surface area (Å²) in [5.41, 5.74) is -0.925. The lowest BCUT2D eigenvalue weighted by Gasteiger charge is -2.11. The monoisotopic (exact) mass is 1130 g/mol. The molecule has 76 heavy (non-hydrogen) atoms. The third-order valence-electron chi connectivity index (χ3n) is 11.4. The maximum atomic E-state index is 12.8. The van der Waals surface area contributed by atoms with Crippen LogP contribution in [-0.2, 0) is 50.6 Å². The number of anilines is 1. The number of carbonyl (C=O) groups is 1. The Hall–Kier alpha value is -8.36. The highest BCUT2D eigenvalue weighted by atomic mass is 32.2. The van der Waals surface area contributed by atoms with Gasteiger partial charge in [-0.1, -0.05) is 42.5 Å². The van der Waals surface area contributed by atoms with Gasteiger partial charge in [-0.25, -0.2) is 0 Å². The first-order valence-corrected chi connectivity index (χ1v) is 28.3. The first-order chi connectivity index (χ1) is 35.6. The summed E-state index contributed by atoms with van der Waals surface area (Å²) < 4.78 is 174. The van der Waals surface area contributed by atoms with Gasteiger partial charge in [0.15, 0.2) is 5.75 Å². The molecule has 9 aromatic carbocycles. The van der Waals surface area contributed by atoms with E-state index in [-0.39, 0.29) is 77.2 Å². The van der Waals surface area contributed by atoms with E-state index in [1.165, 1.54) is 60.7 Å². The third-order valence-corrected chi connectivity index (χ3v) is 15.7. The smallest absolute Gasteiger partial charge is 0.296 e. The number of azo groups is 3. The van der Waals surface area contributed by atoms with Crippen molar-refractivity contribution in [2.75, 3.05) is 5.32 Å². The molecule has 0 atom stereocenters. The molecule has 386 valence electrons. The van der Waals surface area contributed by atoms with Gasteiger partial charge >= 0.3 is 0 Å². The molecule has 0 fully saturated rings. The zero-order chi connectivity index (χ0) is 54.7. The SMILES string of the molecule is O=C(Nc1ccc2c(O)c(N=Nc3ccc(N=Nc4ccc(N=Nc5cc(S(=O)(=O)O)c6cccc(S(=O)(=O)O)c6c5)c5ccc(S(=O)(=O)O)cc45)c4ccc(S(=O)(=O)O)cc34)c(S(=O)(=O)O)cc2c1)c1ccccc1. The van der Waals surface area contributed by atoms with Crippen molar-refractivity contribution in [1.82, 2.24) is 0 Å². The van der Waals surface area contributed by atoms with Gasteiger partial charge in [0.05, 0.1) is 38.2 Å². The summed E-state index contributed by atoms with van der Waals surface area (Å²) in [5, 5.41) is 38.3. The predicted octanol–water partition coefficient (Wildman–Crippen LogP) is 10.7. The number of nitrogens with one attached hydrogen (secondary N) is 1. The summed E-state index contributed by atoms with van der Waals surface area (Å²) in [6, 6.07) is 30.0. The molecule has 9 rings (SSSR count). The minimum Gasteiger partial charge on any atom is -0.505 e. The van der Waals surface area contributed by atoms with Gasteiger partial charge in [-0.15, -0.1) is 25.6 Å². The van der Waals surface area contributed by atoms with Gasteiger partial charge in [0, 0.05) is 49.0 Å². The Labute approximate surface area is 429 Å². The van der Waals surface area contributed by atoms with E-state index in [0.29, 0.717) is 5.56 Å². The molecule has 7 N–H and O–H groups in total. The number of amides is 1. The van der Waals surface area contributed by atoms with Crippen molar-refractivity contribution in [3.8, 4) is 5.75 Å². The van der Waals surface area contributed by atoms with Crippen LogP contribution in [0.1, 0.15) is 10.4 Å². The van der Waals surface area contributed by atoms with Crippen molar-refractivity contribution < 1.29 is 74.8 Å². The van der Waals surface area contributed by atoms with E-state index in [1.54, 1.807) is 30.3 Å². The average Bonchev–Trinajstić information content (AvgIpc) is 3.35. The Morgan fingerprint density at radius 1 is 0.382 bits per heavy atom. The molecule has 0 bridgehead atoms. The second-order valence-electron chi connectivity index (χ2n) is 16.2. The van der Waals surface area contributed by atoms with Crippen LogP contribution in [0.3, 0.4) is 0 Å². The molecule has 0 saturated carbocycles. The standard InChI is InChI=1S/C47H31N7O17S5/c55-46-31-12-9-27(48-47(56)25-5-2-1-3-6-25)19-26(31)20-44(76(69,70)71)45(46)54-53-41-18-16-39(33-14-11-30(24-36(33)41)73(60,61)62)51-52-40-17-15-38(32-13-10-29(23-35(32)40)72(57,58)59)50-49-28-21-37-34(43(22-28)75(66,67)68)7-4-8-42(37)74(63,64)65/h1-24,55H,(H,48,56)(H,57,58,59)(H,60,61,62)(H,63,64,65)(H,66,67,68)(H,69,70,71). The van der Waals surface area contributed by atoms with Crippen molar-refractivity contribution in [3.05, 3.63) is 151 Å². The van der Waals surface area contributed by atoms with Gasteiger partial charge in [-0.3, -0.25) is 27.6 Å². The lowest BCUT2D eigenvalue weighted by Crippen LogP contribution is -2.11. The second kappa shape index (κ2) is 19.4. The maximum absolute atomic E-state index is 12.8. The third kappa shape index (κ3) is 10.8. The van der Waals surface area contributed by atoms with Crippen molar-refractivity contribution in [3.63, 3.8) is 0 Å². The molecule has 0 heterocycles. The molecule has 0 unspecified atom stereocenters. The molecule has 0 radical (unpaired) electrons. The van der Waals surface area contributed by atoms with Crippen LogP contribution in [0.4, 0.5) is 39.8 Å². The van der Waals surface area contributed by atoms with Crippen molar-refractivity contribution in [1.29, 1.82) is 0 Å². The number of hydrogen-bond acceptors (Lipinski definition) is 18. The van der Waals surface area contributed by atoms with Gasteiger partial charge in [-0.2, -0.15) is 47.2 Å². The molecule has 0 aliphatic heterocycles. The minimum absolute atomic E-state index is 0.0109. The summed E-state index contributed by atoms with van der Waals surface area (Å²) in [5.74, 6) is -1.26. The number of phenolic OH excluding ortho intramolecular Hbond substituents is 1. The number of aromatic hydroxyl groups is 1. The van der Waals surface area contributed by atoms with Gasteiger partial charge in [0.1, 0.15) is 20.4 Å². The molecule has 24 nitrogen and oxygen atoms in total. The Morgan fingerprint density at radius 2 is 0.882 bits per heavy atom. The van der Waals surface area contributed by atoms with Crippen LogP contribution >= 0.6 is 0 Å². The number of benzene rings is 9. The molecule has 0 saturated heterocycles. The van der Waals surface area contributed by atoms with E-state index in [2.05, 4.69) is 36.0 Å². The van der Waals surface area contributed by atoms with Crippen molar-refractivity contribution in [2.24, 2.45) is 30.7 Å². The van der Waals surface area contributed by atoms with Crippen LogP contribution in [0.5, 0.6) is 5.75 Å². The fourth-order valence-corrected chi connectivity index (χ4v) is 11.0. The van der Waals surface area contributed by atoms with E-state index >= 15 is 0 Å². The molecule has 0 aliphatic carbocycles. The molecular weight excluding hydrogens is 1090 g/mol. The largest absolute Gasteiger partial charge is 0.505 e. The molecule has 1 amide bonds. The minimum atomic E-state index is -5.16. The first-order valence-electron chi connectivity index (χ1n) is 21.1. The molecule has 0 aromatic heterocycles. The first kappa shape index (κ1) is 52.5.